The second-order valence-corrected chi connectivity index (χ2v) is 36.6. The summed E-state index contributed by atoms with van der Waals surface area (Å²) >= 11 is 0. The molecule has 12 aromatic heterocycles. The third-order valence-electron chi connectivity index (χ3n) is 27.3. The first-order chi connectivity index (χ1) is 70.6. The highest BCUT2D eigenvalue weighted by atomic mass is 16.5. The molecule has 32 heteroatoms. The predicted molar refractivity (Wildman–Crippen MR) is 576 cm³/mol. The Morgan fingerprint density at radius 2 is 0.785 bits per heavy atom. The summed E-state index contributed by atoms with van der Waals surface area (Å²) in [5.74, 6) is 4.16. The summed E-state index contributed by atoms with van der Waals surface area (Å²) in [5, 5.41) is 31.2. The fourth-order valence-electron chi connectivity index (χ4n) is 18.9. The molecule has 1 atom stereocenters. The lowest BCUT2D eigenvalue weighted by molar-refractivity contribution is 0.0303. The summed E-state index contributed by atoms with van der Waals surface area (Å²) in [7, 11) is 0. The maximum atomic E-state index is 12.6. The zero-order valence-corrected chi connectivity index (χ0v) is 84.3. The quantitative estimate of drug-likeness (QED) is 0.0183. The van der Waals surface area contributed by atoms with Crippen LogP contribution >= 0.6 is 0 Å². The SMILES string of the molecule is CCC(CC)n1ccc2cnc(Nc3ccc(C(=O)N4CCOCC4)cc3)nc21.CCC(CC)n1ccc2cnc(Nc3ccc(C(=O)NC4CCCC4)cc3)nc21.CCC(CC)n1ccc2cnc(Nc3ccc(C4CCCNC4)cc3)nc21.CCC(CC)n1ccc2cnc(Nc3cccc(NC(=O)c4ccncc4)c3)nc21.CCC(CC)n1ccc2cnc(Nc3cccc(OCCn4ccnc4)c3)nc21. The van der Waals surface area contributed by atoms with Crippen molar-refractivity contribution in [3.63, 3.8) is 0 Å². The van der Waals surface area contributed by atoms with Crippen LogP contribution in [0.3, 0.4) is 0 Å². The molecule has 17 aromatic rings. The summed E-state index contributed by atoms with van der Waals surface area (Å²) in [5.41, 5.74) is 13.2. The van der Waals surface area contributed by atoms with Gasteiger partial charge >= 0.3 is 0 Å². The van der Waals surface area contributed by atoms with Crippen molar-refractivity contribution in [2.24, 2.45) is 0 Å². The van der Waals surface area contributed by atoms with Gasteiger partial charge in [-0.2, -0.15) is 24.9 Å². The molecule has 3 fully saturated rings. The number of carbonyl (C=O) groups excluding carboxylic acids is 3. The molecule has 3 aliphatic rings. The number of amides is 3. The minimum atomic E-state index is -0.185. The molecule has 32 nitrogen and oxygen atoms in total. The van der Waals surface area contributed by atoms with E-state index in [-0.39, 0.29) is 17.7 Å². The largest absolute Gasteiger partial charge is 0.492 e. The van der Waals surface area contributed by atoms with Crippen molar-refractivity contribution < 1.29 is 23.9 Å². The number of hydrogen-bond acceptors (Lipinski definition) is 23. The van der Waals surface area contributed by atoms with Gasteiger partial charge in [0.25, 0.3) is 17.7 Å². The number of morpholine rings is 1. The number of anilines is 11. The van der Waals surface area contributed by atoms with Gasteiger partial charge in [0.1, 0.15) is 40.6 Å². The van der Waals surface area contributed by atoms with Crippen molar-refractivity contribution in [2.45, 2.75) is 221 Å². The van der Waals surface area contributed by atoms with Crippen molar-refractivity contribution in [3.05, 3.63) is 279 Å². The van der Waals surface area contributed by atoms with Crippen LogP contribution in [0.1, 0.15) is 245 Å². The topological polar surface area (TPSA) is 353 Å². The van der Waals surface area contributed by atoms with Crippen LogP contribution in [0, 0.1) is 0 Å². The number of ether oxygens (including phenoxy) is 2. The standard InChI is InChI=1S/C23H24N6O.C23H29N5O.C22H26N6O.C22H27N5O2.C22H29N5/c1-3-20(4-2)29-13-10-17-15-25-23(28-21(17)29)27-19-7-5-6-18(14-19)26-22(30)16-8-11-24-12-9-16;1-3-20(4-2)28-14-13-17-15-24-23(27-21(17)28)26-19-11-9-16(10-12-19)22(29)25-18-7-5-6-8-18;1-3-19(4-2)28-10-8-17-15-24-22(26-21(17)28)25-18-6-5-7-20(14-18)29-13-12-27-11-9-23-16-27;1-3-19(4-2)27-10-9-17-15-23-22(25-20(17)27)24-18-7-5-16(6-8-18)21(28)26-11-13-29-14-12-26;1-3-20(4-2)27-13-11-18-15-24-22(26-21(18)27)25-19-9-7-16(8-10-19)17-6-5-12-23-14-17/h5-15,20H,3-4H2,1-2H3,(H,26,30)(H,25,27,28);9-15,18,20H,3-8H2,1-2H3,(H,25,29)(H,24,26,27);5-11,14-16,19H,3-4,12-13H2,1-2H3,(H,24,25,26);5-10,15,19H,3-4,11-14H2,1-2H3,(H,23,24,25);7-11,13,15,17,20,23H,3-6,12,14H2,1-2H3,(H,24,25,26). The average Bonchev–Trinajstić information content (AvgIpc) is 1.56. The first-order valence-corrected chi connectivity index (χ1v) is 51.3. The Bertz CT molecular complexity index is 6940. The summed E-state index contributed by atoms with van der Waals surface area (Å²) in [6.45, 7) is 28.1. The Morgan fingerprint density at radius 1 is 0.396 bits per heavy atom. The van der Waals surface area contributed by atoms with Crippen LogP contribution in [-0.4, -0.2) is 162 Å². The number of fused-ring (bicyclic) bond motifs is 5. The van der Waals surface area contributed by atoms with E-state index in [0.717, 1.165) is 186 Å². The number of hydrogen-bond donors (Lipinski definition) is 8. The van der Waals surface area contributed by atoms with Gasteiger partial charge in [0.05, 0.1) is 26.1 Å². The fraction of sp³-hybridized carbons (Fsp3) is 0.366. The molecule has 748 valence electrons. The van der Waals surface area contributed by atoms with Crippen LogP contribution < -0.4 is 47.3 Å². The molecule has 2 saturated heterocycles. The van der Waals surface area contributed by atoms with Crippen molar-refractivity contribution in [3.8, 4) is 5.75 Å². The van der Waals surface area contributed by atoms with Crippen molar-refractivity contribution in [1.82, 2.24) is 103 Å². The summed E-state index contributed by atoms with van der Waals surface area (Å²) in [6.07, 6.45) is 46.3. The van der Waals surface area contributed by atoms with Crippen molar-refractivity contribution >= 4 is 137 Å². The number of nitrogens with zero attached hydrogens (tertiary/aromatic N) is 19. The van der Waals surface area contributed by atoms with Crippen LogP contribution in [0.2, 0.25) is 0 Å². The van der Waals surface area contributed by atoms with E-state index in [0.29, 0.717) is 127 Å². The smallest absolute Gasteiger partial charge is 0.255 e. The van der Waals surface area contributed by atoms with E-state index in [2.05, 4.69) is 249 Å². The number of aromatic nitrogens is 18. The van der Waals surface area contributed by atoms with Gasteiger partial charge in [0, 0.05) is 226 Å². The lowest BCUT2D eigenvalue weighted by Crippen LogP contribution is -2.40. The summed E-state index contributed by atoms with van der Waals surface area (Å²) < 4.78 is 24.4. The molecule has 1 unspecified atom stereocenters. The molecule has 1 saturated carbocycles. The van der Waals surface area contributed by atoms with Crippen LogP contribution in [-0.2, 0) is 11.3 Å². The summed E-state index contributed by atoms with van der Waals surface area (Å²) in [4.78, 5) is 93.1. The Morgan fingerprint density at radius 3 is 1.19 bits per heavy atom. The van der Waals surface area contributed by atoms with Gasteiger partial charge in [0.15, 0.2) is 0 Å². The van der Waals surface area contributed by atoms with Gasteiger partial charge < -0.3 is 84.3 Å². The van der Waals surface area contributed by atoms with Crippen molar-refractivity contribution in [1.29, 1.82) is 0 Å². The molecular formula is C112H135N27O5. The predicted octanol–water partition coefficient (Wildman–Crippen LogP) is 24.2. The molecule has 14 heterocycles. The molecule has 3 amide bonds. The van der Waals surface area contributed by atoms with E-state index >= 15 is 0 Å². The molecule has 5 aromatic carbocycles. The number of nitrogens with one attached hydrogen (secondary N) is 8. The first kappa shape index (κ1) is 102. The molecule has 0 spiro atoms. The number of imidazole rings is 1. The number of benzene rings is 5. The van der Waals surface area contributed by atoms with E-state index in [1.54, 1.807) is 37.1 Å². The third kappa shape index (κ3) is 26.1. The van der Waals surface area contributed by atoms with Gasteiger partial charge in [-0.3, -0.25) is 19.4 Å². The van der Waals surface area contributed by atoms with Crippen LogP contribution in [0.4, 0.5) is 63.9 Å². The fourth-order valence-corrected chi connectivity index (χ4v) is 18.9. The zero-order chi connectivity index (χ0) is 100. The normalized spacial score (nSPS) is 13.7. The number of rotatable bonds is 35. The lowest BCUT2D eigenvalue weighted by Gasteiger charge is -2.26. The van der Waals surface area contributed by atoms with E-state index in [9.17, 15) is 14.4 Å². The number of pyridine rings is 1. The van der Waals surface area contributed by atoms with Crippen molar-refractivity contribution in [2.75, 3.05) is 77.9 Å². The highest BCUT2D eigenvalue weighted by Crippen LogP contribution is 2.34. The Labute approximate surface area is 842 Å². The first-order valence-electron chi connectivity index (χ1n) is 51.3. The molecule has 144 heavy (non-hydrogen) atoms. The Hall–Kier alpha value is -15.3. The summed E-state index contributed by atoms with van der Waals surface area (Å²) in [6, 6.07) is 55.2. The molecular weight excluding hydrogens is 1800 g/mol. The van der Waals surface area contributed by atoms with E-state index in [1.807, 2.05) is 150 Å². The lowest BCUT2D eigenvalue weighted by atomic mass is 9.92. The second-order valence-electron chi connectivity index (χ2n) is 36.6. The minimum absolute atomic E-state index is 0.00381. The Kier molecular flexibility index (Phi) is 35.6. The molecule has 0 bridgehead atoms. The molecule has 0 radical (unpaired) electrons. The van der Waals surface area contributed by atoms with Gasteiger partial charge in [-0.1, -0.05) is 106 Å². The van der Waals surface area contributed by atoms with Gasteiger partial charge in [-0.25, -0.2) is 29.9 Å². The van der Waals surface area contributed by atoms with Gasteiger partial charge in [-0.15, -0.1) is 0 Å². The molecule has 20 rings (SSSR count). The van der Waals surface area contributed by atoms with Crippen LogP contribution in [0.5, 0.6) is 5.75 Å². The highest BCUT2D eigenvalue weighted by molar-refractivity contribution is 6.04. The molecule has 2 aliphatic heterocycles. The average molecular weight is 1940 g/mol. The maximum absolute atomic E-state index is 12.6. The maximum Gasteiger partial charge on any atom is 0.255 e. The van der Waals surface area contributed by atoms with E-state index < -0.39 is 0 Å². The van der Waals surface area contributed by atoms with Gasteiger partial charge in [-0.05, 0) is 241 Å². The zero-order valence-electron chi connectivity index (χ0n) is 84.3. The van der Waals surface area contributed by atoms with Gasteiger partial charge in [0.2, 0.25) is 29.7 Å². The van der Waals surface area contributed by atoms with E-state index in [1.165, 1.54) is 31.2 Å². The van der Waals surface area contributed by atoms with E-state index in [4.69, 9.17) is 34.4 Å². The third-order valence-corrected chi connectivity index (χ3v) is 27.3. The number of piperidine rings is 1. The molecule has 1 aliphatic carbocycles. The minimum Gasteiger partial charge on any atom is -0.492 e. The van der Waals surface area contributed by atoms with Crippen LogP contribution in [0.15, 0.2) is 257 Å². The second kappa shape index (κ2) is 50.4. The monoisotopic (exact) mass is 1940 g/mol. The highest BCUT2D eigenvalue weighted by Gasteiger charge is 2.25. The Balaban J connectivity index is 0.000000129. The molecule has 8 N–H and O–H groups in total. The number of carbonyl (C=O) groups is 3. The van der Waals surface area contributed by atoms with Crippen LogP contribution in [0.25, 0.3) is 55.2 Å².